The van der Waals surface area contributed by atoms with Gasteiger partial charge in [-0.15, -0.1) is 79.4 Å². The Morgan fingerprint density at radius 2 is 0.627 bits per heavy atom. The van der Waals surface area contributed by atoms with Crippen molar-refractivity contribution in [1.29, 1.82) is 0 Å². The summed E-state index contributed by atoms with van der Waals surface area (Å²) in [4.78, 5) is 79.3. The maximum Gasteiger partial charge on any atom is 0.280 e. The number of rotatable bonds is 6. The number of thiophene rings is 7. The van der Waals surface area contributed by atoms with Crippen molar-refractivity contribution in [3.05, 3.63) is 213 Å². The Morgan fingerprint density at radius 3 is 1.01 bits per heavy atom. The molecule has 12 rings (SSSR count). The molecule has 15 heteroatoms. The first kappa shape index (κ1) is 41.1. The van der Waals surface area contributed by atoms with Gasteiger partial charge < -0.3 is 0 Å². The molecule has 0 fully saturated rings. The highest BCUT2D eigenvalue weighted by atomic mass is 32.1. The van der Waals surface area contributed by atoms with Gasteiger partial charge in [0.15, 0.2) is 0 Å². The topological polar surface area (TPSA) is 120 Å². The normalized spacial score (nSPS) is 11.2. The summed E-state index contributed by atoms with van der Waals surface area (Å²) in [5.74, 6) is 19.8. The van der Waals surface area contributed by atoms with Crippen LogP contribution in [-0.2, 0) is 0 Å². The molecule has 8 nitrogen and oxygen atoms in total. The average molecular weight is 989 g/mol. The molecule has 0 bridgehead atoms. The second kappa shape index (κ2) is 16.8. The van der Waals surface area contributed by atoms with Gasteiger partial charge in [0.1, 0.15) is 0 Å². The van der Waals surface area contributed by atoms with Gasteiger partial charge in [0.25, 0.3) is 22.2 Å². The number of hydrogen-bond acceptors (Lipinski definition) is 15. The lowest BCUT2D eigenvalue weighted by Gasteiger charge is -1.97. The minimum atomic E-state index is -0.473. The van der Waals surface area contributed by atoms with E-state index in [0.717, 1.165) is 25.1 Å². The van der Waals surface area contributed by atoms with Gasteiger partial charge in [0.05, 0.1) is 77.8 Å². The van der Waals surface area contributed by atoms with Crippen LogP contribution in [0.25, 0.3) is 61.8 Å². The highest BCUT2D eigenvalue weighted by molar-refractivity contribution is 7.26. The Labute approximate surface area is 406 Å². The molecular formula is C52H20N4O4S7. The predicted octanol–water partition coefficient (Wildman–Crippen LogP) is 10.5. The Bertz CT molecular complexity index is 4180. The number of aromatic nitrogens is 4. The lowest BCUT2D eigenvalue weighted by molar-refractivity contribution is 1.24. The van der Waals surface area contributed by atoms with E-state index >= 15 is 0 Å². The van der Waals surface area contributed by atoms with Crippen LogP contribution in [0.15, 0.2) is 138 Å². The molecule has 0 atom stereocenters. The molecular weight excluding hydrogens is 969 g/mol. The van der Waals surface area contributed by atoms with Crippen molar-refractivity contribution in [2.45, 2.75) is 0 Å². The molecule has 314 valence electrons. The molecule has 0 unspecified atom stereocenters. The molecule has 4 aliphatic rings. The monoisotopic (exact) mass is 988 g/mol. The van der Waals surface area contributed by atoms with Crippen LogP contribution in [0.2, 0.25) is 0 Å². The van der Waals surface area contributed by atoms with Gasteiger partial charge >= 0.3 is 0 Å². The molecule has 0 spiro atoms. The van der Waals surface area contributed by atoms with Crippen LogP contribution in [0.5, 0.6) is 0 Å². The fourth-order valence-corrected chi connectivity index (χ4v) is 13.5. The highest BCUT2D eigenvalue weighted by Crippen LogP contribution is 2.39. The third-order valence-corrected chi connectivity index (χ3v) is 17.6. The second-order valence-corrected chi connectivity index (χ2v) is 21.9. The van der Waals surface area contributed by atoms with Crippen molar-refractivity contribution in [1.82, 2.24) is 19.9 Å². The third kappa shape index (κ3) is 7.67. The zero-order chi connectivity index (χ0) is 45.2. The largest absolute Gasteiger partial charge is 0.280 e. The minimum absolute atomic E-state index is 0.231. The second-order valence-electron chi connectivity index (χ2n) is 14.7. The summed E-state index contributed by atoms with van der Waals surface area (Å²) in [6.45, 7) is 0. The van der Waals surface area contributed by atoms with Crippen LogP contribution >= 0.6 is 79.4 Å². The van der Waals surface area contributed by atoms with E-state index in [1.54, 1.807) is 34.0 Å². The Balaban J connectivity index is 0.878. The number of benzene rings is 1. The smallest absolute Gasteiger partial charge is 0.267 e. The molecule has 0 saturated heterocycles. The lowest BCUT2D eigenvalue weighted by Crippen LogP contribution is -2.03. The summed E-state index contributed by atoms with van der Waals surface area (Å²) in [5, 5.41) is 6.79. The maximum atomic E-state index is 13.1. The van der Waals surface area contributed by atoms with E-state index in [4.69, 9.17) is 0 Å². The summed E-state index contributed by atoms with van der Waals surface area (Å²) < 4.78 is 0. The zero-order valence-electron chi connectivity index (χ0n) is 33.8. The van der Waals surface area contributed by atoms with E-state index in [9.17, 15) is 19.2 Å². The minimum Gasteiger partial charge on any atom is -0.267 e. The fraction of sp³-hybridized carbons (Fsp3) is 0. The van der Waals surface area contributed by atoms with Gasteiger partial charge in [-0.05, 0) is 101 Å². The first-order chi connectivity index (χ1) is 32.8. The SMILES string of the molecule is O=c1nc(-c2ccc(C#Cc3cc(C#Cc4ccc(-c5ccc(-c6cccs6)s5)s4)cc(C#Cc4ccc(-c5nc(=O)c6c(-c7cccs7)nc(=O)c5=6)s4)c3)s2)c2c(=O)nc(-c3cccs3)c1=2. The molecule has 0 radical (unpaired) electrons. The zero-order valence-corrected chi connectivity index (χ0v) is 39.5. The molecule has 0 amide bonds. The van der Waals surface area contributed by atoms with E-state index in [-0.39, 0.29) is 20.9 Å². The van der Waals surface area contributed by atoms with Crippen LogP contribution in [0.3, 0.4) is 0 Å². The van der Waals surface area contributed by atoms with Crippen LogP contribution in [0.1, 0.15) is 31.3 Å². The molecule has 7 aromatic heterocycles. The highest BCUT2D eigenvalue weighted by Gasteiger charge is 2.22. The molecule has 8 aromatic rings. The van der Waals surface area contributed by atoms with Gasteiger partial charge in [-0.3, -0.25) is 19.2 Å². The van der Waals surface area contributed by atoms with Crippen LogP contribution in [0, 0.1) is 56.4 Å². The van der Waals surface area contributed by atoms with E-state index in [2.05, 4.69) is 91.2 Å². The number of hydrogen-bond donors (Lipinski definition) is 0. The molecule has 1 aromatic carbocycles. The predicted molar refractivity (Wildman–Crippen MR) is 273 cm³/mol. The van der Waals surface area contributed by atoms with Crippen LogP contribution < -0.4 is 22.2 Å². The summed E-state index contributed by atoms with van der Waals surface area (Å²) in [6, 6.07) is 33.1. The standard InChI is InChI=1S/C52H20N4O4S7/c57-49-41-43(51(59)53-45(41)37-5-2-22-62-37)47(55-49)39-17-14-31(65-39)11-8-28-24-27(7-10-30-13-16-35(64-30)36-20-19-34(67-36)33-4-1-21-61-33)25-29(26-28)9-12-32-15-18-40(66-32)48-44-42(50(58)56-48)46(54-52(44)60)38-6-3-23-63-38/h1-6,13-26H. The molecule has 0 aliphatic carbocycles. The molecule has 67 heavy (non-hydrogen) atoms. The van der Waals surface area contributed by atoms with Gasteiger partial charge in [0, 0.05) is 36.2 Å². The van der Waals surface area contributed by atoms with Gasteiger partial charge in [-0.1, -0.05) is 53.7 Å². The van der Waals surface area contributed by atoms with Crippen molar-refractivity contribution in [3.8, 4) is 97.3 Å². The Hall–Kier alpha value is -7.36. The first-order valence-electron chi connectivity index (χ1n) is 20.0. The number of nitrogens with zero attached hydrogens (tertiary/aromatic N) is 4. The Kier molecular flexibility index (Phi) is 10.3. The molecule has 4 aliphatic heterocycles. The van der Waals surface area contributed by atoms with Crippen LogP contribution in [-0.4, -0.2) is 19.9 Å². The van der Waals surface area contributed by atoms with E-state index < -0.39 is 22.2 Å². The lowest BCUT2D eigenvalue weighted by atomic mass is 10.1. The summed E-state index contributed by atoms with van der Waals surface area (Å²) in [6.07, 6.45) is 0. The molecule has 0 saturated carbocycles. The van der Waals surface area contributed by atoms with Gasteiger partial charge in [-0.25, -0.2) is 19.9 Å². The summed E-state index contributed by atoms with van der Waals surface area (Å²) in [5.41, 5.74) is 1.58. The molecule has 0 N–H and O–H groups in total. The van der Waals surface area contributed by atoms with Gasteiger partial charge in [-0.2, -0.15) is 0 Å². The van der Waals surface area contributed by atoms with E-state index in [0.29, 0.717) is 53.4 Å². The Morgan fingerprint density at radius 1 is 0.313 bits per heavy atom. The van der Waals surface area contributed by atoms with Crippen LogP contribution in [0.4, 0.5) is 0 Å². The third-order valence-electron chi connectivity index (χ3n) is 10.5. The maximum absolute atomic E-state index is 13.1. The quantitative estimate of drug-likeness (QED) is 0.151. The summed E-state index contributed by atoms with van der Waals surface area (Å²) in [7, 11) is 0. The van der Waals surface area contributed by atoms with Crippen molar-refractivity contribution in [3.63, 3.8) is 0 Å². The average Bonchev–Trinajstić information content (AvgIpc) is 4.18. The van der Waals surface area contributed by atoms with Crippen molar-refractivity contribution < 1.29 is 0 Å². The fourth-order valence-electron chi connectivity index (χ4n) is 7.57. The van der Waals surface area contributed by atoms with E-state index in [1.807, 2.05) is 83.6 Å². The van der Waals surface area contributed by atoms with Gasteiger partial charge in [0.2, 0.25) is 0 Å². The van der Waals surface area contributed by atoms with Crippen molar-refractivity contribution >= 4 is 79.4 Å². The molecule has 11 heterocycles. The van der Waals surface area contributed by atoms with E-state index in [1.165, 1.54) is 60.0 Å². The summed E-state index contributed by atoms with van der Waals surface area (Å²) >= 11 is 10.6. The first-order valence-corrected chi connectivity index (χ1v) is 26.0. The van der Waals surface area contributed by atoms with Crippen molar-refractivity contribution in [2.75, 3.05) is 0 Å². The van der Waals surface area contributed by atoms with Crippen molar-refractivity contribution in [2.24, 2.45) is 0 Å².